The van der Waals surface area contributed by atoms with Gasteiger partial charge in [-0.2, -0.15) is 14.6 Å². The van der Waals surface area contributed by atoms with E-state index >= 15 is 0 Å². The van der Waals surface area contributed by atoms with Crippen LogP contribution in [-0.4, -0.2) is 19.6 Å². The molecule has 2 aromatic heterocycles. The monoisotopic (exact) mass is 253 g/mol. The smallest absolute Gasteiger partial charge is 0.254 e. The third kappa shape index (κ3) is 2.40. The van der Waals surface area contributed by atoms with Crippen LogP contribution < -0.4 is 5.32 Å². The molecule has 0 radical (unpaired) electrons. The molecule has 0 unspecified atom stereocenters. The van der Waals surface area contributed by atoms with Crippen LogP contribution in [-0.2, 0) is 6.42 Å². The Morgan fingerprint density at radius 3 is 2.84 bits per heavy atom. The van der Waals surface area contributed by atoms with E-state index in [-0.39, 0.29) is 0 Å². The number of para-hydroxylation sites is 1. The first-order valence-electron chi connectivity index (χ1n) is 6.38. The van der Waals surface area contributed by atoms with Crippen LogP contribution in [0.15, 0.2) is 42.7 Å². The molecule has 0 aliphatic carbocycles. The van der Waals surface area contributed by atoms with Crippen molar-refractivity contribution < 1.29 is 0 Å². The fourth-order valence-corrected chi connectivity index (χ4v) is 2.00. The summed E-state index contributed by atoms with van der Waals surface area (Å²) in [6, 6.07) is 12.0. The van der Waals surface area contributed by atoms with Crippen LogP contribution in [0.4, 0.5) is 11.5 Å². The van der Waals surface area contributed by atoms with Gasteiger partial charge in [0.1, 0.15) is 12.1 Å². The van der Waals surface area contributed by atoms with Crippen molar-refractivity contribution in [3.05, 3.63) is 48.4 Å². The SMILES string of the molecule is CCCc1cc(Nc2ccccc2)n2ncnc2n1. The summed E-state index contributed by atoms with van der Waals surface area (Å²) in [6.45, 7) is 2.14. The quantitative estimate of drug-likeness (QED) is 0.776. The van der Waals surface area contributed by atoms with E-state index in [1.165, 1.54) is 6.33 Å². The van der Waals surface area contributed by atoms with Crippen LogP contribution >= 0.6 is 0 Å². The van der Waals surface area contributed by atoms with Gasteiger partial charge in [0.15, 0.2) is 0 Å². The number of hydrogen-bond acceptors (Lipinski definition) is 4. The number of benzene rings is 1. The van der Waals surface area contributed by atoms with Gasteiger partial charge in [-0.15, -0.1) is 0 Å². The molecule has 0 bridgehead atoms. The van der Waals surface area contributed by atoms with E-state index in [0.29, 0.717) is 5.78 Å². The third-order valence-electron chi connectivity index (χ3n) is 2.86. The maximum atomic E-state index is 4.48. The Kier molecular flexibility index (Phi) is 3.10. The van der Waals surface area contributed by atoms with Gasteiger partial charge in [0.2, 0.25) is 0 Å². The van der Waals surface area contributed by atoms with Crippen LogP contribution in [0.2, 0.25) is 0 Å². The first-order chi connectivity index (χ1) is 9.36. The maximum Gasteiger partial charge on any atom is 0.254 e. The molecule has 3 aromatic rings. The molecule has 3 rings (SSSR count). The molecule has 0 amide bonds. The summed E-state index contributed by atoms with van der Waals surface area (Å²) >= 11 is 0. The van der Waals surface area contributed by atoms with Gasteiger partial charge in [-0.1, -0.05) is 31.5 Å². The molecule has 1 N–H and O–H groups in total. The van der Waals surface area contributed by atoms with Crippen molar-refractivity contribution in [2.45, 2.75) is 19.8 Å². The molecule has 0 saturated heterocycles. The Balaban J connectivity index is 2.03. The summed E-state index contributed by atoms with van der Waals surface area (Å²) in [4.78, 5) is 8.64. The number of hydrogen-bond donors (Lipinski definition) is 1. The predicted molar refractivity (Wildman–Crippen MR) is 74.5 cm³/mol. The molecule has 0 saturated carbocycles. The number of nitrogens with zero attached hydrogens (tertiary/aromatic N) is 4. The zero-order valence-corrected chi connectivity index (χ0v) is 10.7. The molecule has 1 aromatic carbocycles. The van der Waals surface area contributed by atoms with Gasteiger partial charge in [-0.05, 0) is 18.6 Å². The van der Waals surface area contributed by atoms with Crippen molar-refractivity contribution in [3.63, 3.8) is 0 Å². The lowest BCUT2D eigenvalue weighted by Gasteiger charge is -2.09. The van der Waals surface area contributed by atoms with E-state index in [1.54, 1.807) is 4.52 Å². The van der Waals surface area contributed by atoms with Gasteiger partial charge in [0.25, 0.3) is 5.78 Å². The zero-order chi connectivity index (χ0) is 13.1. The molecule has 0 aliphatic rings. The van der Waals surface area contributed by atoms with Crippen LogP contribution in [0, 0.1) is 0 Å². The van der Waals surface area contributed by atoms with Crippen LogP contribution in [0.3, 0.4) is 0 Å². The van der Waals surface area contributed by atoms with Gasteiger partial charge < -0.3 is 5.32 Å². The molecule has 19 heavy (non-hydrogen) atoms. The molecule has 5 heteroatoms. The van der Waals surface area contributed by atoms with E-state index < -0.39 is 0 Å². The normalized spacial score (nSPS) is 10.8. The molecular formula is C14H15N5. The maximum absolute atomic E-state index is 4.48. The highest BCUT2D eigenvalue weighted by Crippen LogP contribution is 2.17. The van der Waals surface area contributed by atoms with Gasteiger partial charge in [0, 0.05) is 17.4 Å². The van der Waals surface area contributed by atoms with Crippen molar-refractivity contribution in [2.24, 2.45) is 0 Å². The average molecular weight is 253 g/mol. The second-order valence-corrected chi connectivity index (χ2v) is 4.35. The van der Waals surface area contributed by atoms with Crippen LogP contribution in [0.5, 0.6) is 0 Å². The van der Waals surface area contributed by atoms with Crippen molar-refractivity contribution in [1.29, 1.82) is 0 Å². The van der Waals surface area contributed by atoms with Gasteiger partial charge in [-0.3, -0.25) is 0 Å². The van der Waals surface area contributed by atoms with Gasteiger partial charge >= 0.3 is 0 Å². The second-order valence-electron chi connectivity index (χ2n) is 4.35. The number of aryl methyl sites for hydroxylation is 1. The number of fused-ring (bicyclic) bond motifs is 1. The molecular weight excluding hydrogens is 238 g/mol. The molecule has 5 nitrogen and oxygen atoms in total. The zero-order valence-electron chi connectivity index (χ0n) is 10.7. The molecule has 0 fully saturated rings. The van der Waals surface area contributed by atoms with Gasteiger partial charge in [0.05, 0.1) is 0 Å². The van der Waals surface area contributed by atoms with E-state index in [0.717, 1.165) is 30.0 Å². The molecule has 0 spiro atoms. The summed E-state index contributed by atoms with van der Waals surface area (Å²) in [7, 11) is 0. The first kappa shape index (κ1) is 11.6. The van der Waals surface area contributed by atoms with Crippen molar-refractivity contribution in [1.82, 2.24) is 19.6 Å². The Bertz CT molecular complexity index is 675. The predicted octanol–water partition coefficient (Wildman–Crippen LogP) is 2.82. The summed E-state index contributed by atoms with van der Waals surface area (Å²) in [5.74, 6) is 1.52. The molecule has 96 valence electrons. The Morgan fingerprint density at radius 1 is 1.21 bits per heavy atom. The highest BCUT2D eigenvalue weighted by atomic mass is 15.3. The van der Waals surface area contributed by atoms with Crippen molar-refractivity contribution >= 4 is 17.3 Å². The fraction of sp³-hybridized carbons (Fsp3) is 0.214. The van der Waals surface area contributed by atoms with Crippen LogP contribution in [0.25, 0.3) is 5.78 Å². The largest absolute Gasteiger partial charge is 0.340 e. The fourth-order valence-electron chi connectivity index (χ4n) is 2.00. The van der Waals surface area contributed by atoms with Crippen molar-refractivity contribution in [2.75, 3.05) is 5.32 Å². The second kappa shape index (κ2) is 5.06. The standard InChI is InChI=1S/C14H15N5/c1-2-6-12-9-13(17-11-7-4-3-5-8-11)19-14(18-12)15-10-16-19/h3-5,7-10,17H,2,6H2,1H3. The lowest BCUT2D eigenvalue weighted by Crippen LogP contribution is -2.04. The molecule has 0 atom stereocenters. The first-order valence-corrected chi connectivity index (χ1v) is 6.38. The lowest BCUT2D eigenvalue weighted by atomic mass is 10.2. The summed E-state index contributed by atoms with van der Waals surface area (Å²) in [5, 5.41) is 7.55. The topological polar surface area (TPSA) is 55.1 Å². The average Bonchev–Trinajstić information content (AvgIpc) is 2.89. The lowest BCUT2D eigenvalue weighted by molar-refractivity contribution is 0.860. The molecule has 0 aliphatic heterocycles. The summed E-state index contributed by atoms with van der Waals surface area (Å²) in [6.07, 6.45) is 3.52. The van der Waals surface area contributed by atoms with Gasteiger partial charge in [-0.25, -0.2) is 4.98 Å². The minimum atomic E-state index is 0.629. The summed E-state index contributed by atoms with van der Waals surface area (Å²) in [5.41, 5.74) is 2.05. The Labute approximate surface area is 111 Å². The van der Waals surface area contributed by atoms with E-state index in [1.807, 2.05) is 36.4 Å². The third-order valence-corrected chi connectivity index (χ3v) is 2.86. The van der Waals surface area contributed by atoms with E-state index in [2.05, 4.69) is 27.3 Å². The highest BCUT2D eigenvalue weighted by molar-refractivity contribution is 5.58. The summed E-state index contributed by atoms with van der Waals surface area (Å²) < 4.78 is 1.71. The number of anilines is 2. The number of nitrogens with one attached hydrogen (secondary N) is 1. The minimum absolute atomic E-state index is 0.629. The Morgan fingerprint density at radius 2 is 2.05 bits per heavy atom. The highest BCUT2D eigenvalue weighted by Gasteiger charge is 2.07. The number of rotatable bonds is 4. The van der Waals surface area contributed by atoms with E-state index in [4.69, 9.17) is 0 Å². The van der Waals surface area contributed by atoms with Crippen molar-refractivity contribution in [3.8, 4) is 0 Å². The Hall–Kier alpha value is -2.43. The number of aromatic nitrogens is 4. The van der Waals surface area contributed by atoms with E-state index in [9.17, 15) is 0 Å². The van der Waals surface area contributed by atoms with Crippen LogP contribution in [0.1, 0.15) is 19.0 Å². The minimum Gasteiger partial charge on any atom is -0.340 e. The molecule has 2 heterocycles.